The molecule has 0 saturated carbocycles. The van der Waals surface area contributed by atoms with Crippen LogP contribution in [0.15, 0.2) is 47.2 Å². The topological polar surface area (TPSA) is 99.2 Å². The Morgan fingerprint density at radius 3 is 2.74 bits per heavy atom. The number of hydrogen-bond donors (Lipinski definition) is 0. The Morgan fingerprint density at radius 1 is 1.18 bits per heavy atom. The van der Waals surface area contributed by atoms with E-state index in [4.69, 9.17) is 9.26 Å². The molecule has 174 valence electrons. The van der Waals surface area contributed by atoms with Crippen LogP contribution in [0.1, 0.15) is 46.3 Å². The van der Waals surface area contributed by atoms with Gasteiger partial charge in [0.05, 0.1) is 30.6 Å². The van der Waals surface area contributed by atoms with Gasteiger partial charge in [-0.15, -0.1) is 0 Å². The first-order valence-corrected chi connectivity index (χ1v) is 10.9. The first-order chi connectivity index (χ1) is 16.5. The fourth-order valence-corrected chi connectivity index (χ4v) is 4.36. The number of nitrogens with zero attached hydrogens (tertiary/aromatic N) is 6. The van der Waals surface area contributed by atoms with Crippen LogP contribution in [-0.2, 0) is 0 Å². The van der Waals surface area contributed by atoms with Gasteiger partial charge in [0, 0.05) is 6.54 Å². The summed E-state index contributed by atoms with van der Waals surface area (Å²) in [6.45, 7) is 4.47. The van der Waals surface area contributed by atoms with Crippen molar-refractivity contribution >= 4 is 5.91 Å². The summed E-state index contributed by atoms with van der Waals surface area (Å²) >= 11 is 0. The SMILES string of the molecule is COc1c(F)cccc1-c1noc(C2CCCN2C(=O)c2ccc(C)c(C)c2-n2nccn2)n1. The lowest BCUT2D eigenvalue weighted by Gasteiger charge is -2.24. The predicted octanol–water partition coefficient (Wildman–Crippen LogP) is 4.06. The lowest BCUT2D eigenvalue weighted by Crippen LogP contribution is -2.32. The van der Waals surface area contributed by atoms with Gasteiger partial charge in [-0.3, -0.25) is 4.79 Å². The van der Waals surface area contributed by atoms with E-state index in [-0.39, 0.29) is 17.5 Å². The fraction of sp³-hybridized carbons (Fsp3) is 0.292. The largest absolute Gasteiger partial charge is 0.493 e. The average Bonchev–Trinajstić information content (AvgIpc) is 3.61. The van der Waals surface area contributed by atoms with Crippen LogP contribution < -0.4 is 4.74 Å². The van der Waals surface area contributed by atoms with Gasteiger partial charge in [0.15, 0.2) is 11.6 Å². The second-order valence-electron chi connectivity index (χ2n) is 8.16. The van der Waals surface area contributed by atoms with E-state index in [1.54, 1.807) is 35.5 Å². The molecule has 1 aliphatic rings. The molecular weight excluding hydrogens is 439 g/mol. The van der Waals surface area contributed by atoms with Crippen molar-refractivity contribution in [3.05, 3.63) is 71.1 Å². The number of aromatic nitrogens is 5. The zero-order chi connectivity index (χ0) is 23.8. The molecule has 1 saturated heterocycles. The minimum atomic E-state index is -0.515. The number of aryl methyl sites for hydroxylation is 1. The molecule has 0 bridgehead atoms. The lowest BCUT2D eigenvalue weighted by atomic mass is 10.0. The van der Waals surface area contributed by atoms with Crippen LogP contribution in [0.5, 0.6) is 5.75 Å². The summed E-state index contributed by atoms with van der Waals surface area (Å²) in [4.78, 5) is 21.4. The van der Waals surface area contributed by atoms with Gasteiger partial charge in [-0.25, -0.2) is 4.39 Å². The number of halogens is 1. The van der Waals surface area contributed by atoms with Crippen molar-refractivity contribution in [3.8, 4) is 22.8 Å². The minimum Gasteiger partial charge on any atom is -0.493 e. The molecule has 1 amide bonds. The van der Waals surface area contributed by atoms with Gasteiger partial charge in [-0.2, -0.15) is 20.0 Å². The van der Waals surface area contributed by atoms with E-state index in [2.05, 4.69) is 20.3 Å². The Hall–Kier alpha value is -4.08. The van der Waals surface area contributed by atoms with Gasteiger partial charge in [0.1, 0.15) is 11.7 Å². The van der Waals surface area contributed by atoms with Gasteiger partial charge in [0.25, 0.3) is 5.91 Å². The van der Waals surface area contributed by atoms with Gasteiger partial charge < -0.3 is 14.2 Å². The van der Waals surface area contributed by atoms with E-state index in [0.29, 0.717) is 35.7 Å². The van der Waals surface area contributed by atoms with Crippen LogP contribution in [-0.4, -0.2) is 49.6 Å². The van der Waals surface area contributed by atoms with E-state index in [1.165, 1.54) is 18.0 Å². The maximum atomic E-state index is 14.1. The number of para-hydroxylation sites is 1. The maximum Gasteiger partial charge on any atom is 0.256 e. The molecule has 2 aromatic heterocycles. The molecule has 0 aliphatic carbocycles. The predicted molar refractivity (Wildman–Crippen MR) is 120 cm³/mol. The molecule has 2 aromatic carbocycles. The highest BCUT2D eigenvalue weighted by Crippen LogP contribution is 2.36. The zero-order valence-electron chi connectivity index (χ0n) is 19.0. The van der Waals surface area contributed by atoms with Crippen molar-refractivity contribution in [2.45, 2.75) is 32.7 Å². The van der Waals surface area contributed by atoms with Crippen LogP contribution >= 0.6 is 0 Å². The number of ether oxygens (including phenoxy) is 1. The van der Waals surface area contributed by atoms with Crippen LogP contribution in [0.3, 0.4) is 0 Å². The highest BCUT2D eigenvalue weighted by molar-refractivity contribution is 5.98. The van der Waals surface area contributed by atoms with Gasteiger partial charge >= 0.3 is 0 Å². The number of benzene rings is 2. The molecule has 34 heavy (non-hydrogen) atoms. The zero-order valence-corrected chi connectivity index (χ0v) is 19.0. The van der Waals surface area contributed by atoms with E-state index >= 15 is 0 Å². The smallest absolute Gasteiger partial charge is 0.256 e. The molecule has 1 unspecified atom stereocenters. The number of hydrogen-bond acceptors (Lipinski definition) is 7. The van der Waals surface area contributed by atoms with Crippen LogP contribution in [0.25, 0.3) is 17.1 Å². The molecule has 1 fully saturated rings. The van der Waals surface area contributed by atoms with Gasteiger partial charge in [-0.1, -0.05) is 17.3 Å². The monoisotopic (exact) mass is 462 g/mol. The highest BCUT2D eigenvalue weighted by atomic mass is 19.1. The third-order valence-electron chi connectivity index (χ3n) is 6.20. The van der Waals surface area contributed by atoms with Crippen molar-refractivity contribution in [2.75, 3.05) is 13.7 Å². The highest BCUT2D eigenvalue weighted by Gasteiger charge is 2.36. The summed E-state index contributed by atoms with van der Waals surface area (Å²) in [6.07, 6.45) is 4.62. The molecule has 0 N–H and O–H groups in total. The van der Waals surface area contributed by atoms with Crippen LogP contribution in [0.2, 0.25) is 0 Å². The number of carbonyl (C=O) groups excluding carboxylic acids is 1. The number of carbonyl (C=O) groups is 1. The summed E-state index contributed by atoms with van der Waals surface area (Å²) in [5.41, 5.74) is 3.49. The van der Waals surface area contributed by atoms with Crippen LogP contribution in [0.4, 0.5) is 4.39 Å². The quantitative estimate of drug-likeness (QED) is 0.441. The second-order valence-corrected chi connectivity index (χ2v) is 8.16. The fourth-order valence-electron chi connectivity index (χ4n) is 4.36. The third-order valence-corrected chi connectivity index (χ3v) is 6.20. The first-order valence-electron chi connectivity index (χ1n) is 10.9. The molecule has 10 heteroatoms. The van der Waals surface area contributed by atoms with E-state index < -0.39 is 11.9 Å². The van der Waals surface area contributed by atoms with E-state index in [9.17, 15) is 9.18 Å². The molecule has 0 radical (unpaired) electrons. The summed E-state index contributed by atoms with van der Waals surface area (Å²) in [5, 5.41) is 12.5. The Kier molecular flexibility index (Phi) is 5.56. The molecule has 0 spiro atoms. The second kappa shape index (κ2) is 8.69. The summed E-state index contributed by atoms with van der Waals surface area (Å²) in [5.74, 6) is -0.131. The van der Waals surface area contributed by atoms with E-state index in [0.717, 1.165) is 17.5 Å². The molecule has 3 heterocycles. The molecule has 4 aromatic rings. The van der Waals surface area contributed by atoms with Gasteiger partial charge in [-0.05, 0) is 56.0 Å². The summed E-state index contributed by atoms with van der Waals surface area (Å²) in [7, 11) is 1.38. The van der Waals surface area contributed by atoms with Crippen molar-refractivity contribution in [3.63, 3.8) is 0 Å². The Balaban J connectivity index is 1.50. The standard InChI is InChI=1S/C24H23FN6O3/c1-14-9-10-16(20(15(14)2)31-26-11-12-27-31)24(32)30-13-5-8-19(30)23-28-22(29-34-23)17-6-4-7-18(25)21(17)33-3/h4,6-7,9-12,19H,5,8,13H2,1-3H3. The van der Waals surface area contributed by atoms with Crippen LogP contribution in [0, 0.1) is 19.7 Å². The number of rotatable bonds is 5. The number of methoxy groups -OCH3 is 1. The summed E-state index contributed by atoms with van der Waals surface area (Å²) < 4.78 is 24.9. The van der Waals surface area contributed by atoms with Crippen molar-refractivity contribution in [1.82, 2.24) is 30.0 Å². The molecule has 1 atom stereocenters. The minimum absolute atomic E-state index is 0.0423. The first kappa shape index (κ1) is 21.7. The molecule has 5 rings (SSSR count). The maximum absolute atomic E-state index is 14.1. The number of amides is 1. The molecule has 9 nitrogen and oxygen atoms in total. The Morgan fingerprint density at radius 2 is 1.97 bits per heavy atom. The van der Waals surface area contributed by atoms with E-state index in [1.807, 2.05) is 19.9 Å². The van der Waals surface area contributed by atoms with Crippen molar-refractivity contribution in [1.29, 1.82) is 0 Å². The lowest BCUT2D eigenvalue weighted by molar-refractivity contribution is 0.0709. The number of likely N-dealkylation sites (tertiary alicyclic amines) is 1. The van der Waals surface area contributed by atoms with Crippen molar-refractivity contribution in [2.24, 2.45) is 0 Å². The molecule has 1 aliphatic heterocycles. The average molecular weight is 462 g/mol. The Labute approximate surface area is 195 Å². The molecular formula is C24H23FN6O3. The normalized spacial score (nSPS) is 15.6. The van der Waals surface area contributed by atoms with Gasteiger partial charge in [0.2, 0.25) is 11.7 Å². The summed E-state index contributed by atoms with van der Waals surface area (Å²) in [6, 6.07) is 7.84. The van der Waals surface area contributed by atoms with Crippen molar-refractivity contribution < 1.29 is 18.4 Å². The third kappa shape index (κ3) is 3.60. The Bertz CT molecular complexity index is 1350.